The molecule has 3 aromatic rings. The number of aromatic amines is 1. The molecule has 1 N–H and O–H groups in total. The van der Waals surface area contributed by atoms with E-state index in [0.29, 0.717) is 28.7 Å². The average molecular weight is 405 g/mol. The Morgan fingerprint density at radius 3 is 2.67 bits per heavy atom. The maximum absolute atomic E-state index is 13.3. The maximum atomic E-state index is 13.3. The zero-order valence-corrected chi connectivity index (χ0v) is 16.9. The number of nitrogens with zero attached hydrogens (tertiary/aromatic N) is 3. The number of nitrogens with one attached hydrogen (secondary N) is 1. The van der Waals surface area contributed by atoms with Crippen molar-refractivity contribution < 1.29 is 4.79 Å². The molecule has 0 bridgehead atoms. The van der Waals surface area contributed by atoms with Crippen LogP contribution in [0.3, 0.4) is 0 Å². The van der Waals surface area contributed by atoms with Crippen LogP contribution >= 0.6 is 23.2 Å². The summed E-state index contributed by atoms with van der Waals surface area (Å²) < 4.78 is 0. The van der Waals surface area contributed by atoms with E-state index in [0.717, 1.165) is 29.4 Å². The Hall–Kier alpha value is -2.08. The van der Waals surface area contributed by atoms with Gasteiger partial charge in [-0.1, -0.05) is 41.4 Å². The van der Waals surface area contributed by atoms with Crippen LogP contribution < -0.4 is 0 Å². The van der Waals surface area contributed by atoms with Crippen molar-refractivity contribution in [2.75, 3.05) is 27.2 Å². The Labute approximate surface area is 168 Å². The van der Waals surface area contributed by atoms with E-state index < -0.39 is 0 Å². The van der Waals surface area contributed by atoms with Crippen LogP contribution in [0.4, 0.5) is 0 Å². The van der Waals surface area contributed by atoms with Gasteiger partial charge in [0.1, 0.15) is 0 Å². The third kappa shape index (κ3) is 4.80. The van der Waals surface area contributed by atoms with Gasteiger partial charge in [-0.25, -0.2) is 0 Å². The van der Waals surface area contributed by atoms with Crippen LogP contribution in [0.15, 0.2) is 42.6 Å². The third-order valence-electron chi connectivity index (χ3n) is 4.39. The Kier molecular flexibility index (Phi) is 6.37. The number of amides is 1. The van der Waals surface area contributed by atoms with E-state index in [1.165, 1.54) is 0 Å². The van der Waals surface area contributed by atoms with E-state index in [4.69, 9.17) is 23.2 Å². The summed E-state index contributed by atoms with van der Waals surface area (Å²) in [4.78, 5) is 17.2. The highest BCUT2D eigenvalue weighted by Crippen LogP contribution is 2.24. The molecule has 5 nitrogen and oxygen atoms in total. The van der Waals surface area contributed by atoms with Crippen molar-refractivity contribution in [3.8, 4) is 0 Å². The summed E-state index contributed by atoms with van der Waals surface area (Å²) in [6.07, 6.45) is 2.60. The van der Waals surface area contributed by atoms with Gasteiger partial charge in [-0.05, 0) is 50.8 Å². The van der Waals surface area contributed by atoms with Gasteiger partial charge in [0.25, 0.3) is 5.91 Å². The molecular formula is C20H22Cl2N4O. The standard InChI is InChI=1S/C20H22Cl2N4O/c1-25(2)9-4-10-26(13-14-7-8-17(21)18(22)11-14)20(27)16-6-3-5-15-12-23-24-19(15)16/h3,5-8,11-12H,4,9-10,13H2,1-2H3,(H,23,24). The van der Waals surface area contributed by atoms with Gasteiger partial charge in [-0.2, -0.15) is 5.10 Å². The van der Waals surface area contributed by atoms with E-state index >= 15 is 0 Å². The minimum absolute atomic E-state index is 0.0327. The molecule has 2 aromatic carbocycles. The molecule has 0 aliphatic carbocycles. The monoisotopic (exact) mass is 404 g/mol. The number of halogens is 2. The second kappa shape index (κ2) is 8.74. The summed E-state index contributed by atoms with van der Waals surface area (Å²) in [5.41, 5.74) is 2.32. The van der Waals surface area contributed by atoms with Crippen molar-refractivity contribution in [2.24, 2.45) is 0 Å². The van der Waals surface area contributed by atoms with Gasteiger partial charge in [0.15, 0.2) is 0 Å². The molecular weight excluding hydrogens is 383 g/mol. The molecule has 1 heterocycles. The summed E-state index contributed by atoms with van der Waals surface area (Å²) in [6.45, 7) is 2.01. The molecule has 7 heteroatoms. The molecule has 142 valence electrons. The van der Waals surface area contributed by atoms with Crippen LogP contribution in [0.2, 0.25) is 10.0 Å². The number of H-pyrrole nitrogens is 1. The predicted octanol–water partition coefficient (Wildman–Crippen LogP) is 4.46. The predicted molar refractivity (Wildman–Crippen MR) is 110 cm³/mol. The highest BCUT2D eigenvalue weighted by Gasteiger charge is 2.19. The minimum Gasteiger partial charge on any atom is -0.334 e. The largest absolute Gasteiger partial charge is 0.334 e. The van der Waals surface area contributed by atoms with Crippen molar-refractivity contribution in [3.63, 3.8) is 0 Å². The molecule has 1 aromatic heterocycles. The topological polar surface area (TPSA) is 52.2 Å². The van der Waals surface area contributed by atoms with Crippen molar-refractivity contribution in [1.82, 2.24) is 20.0 Å². The fourth-order valence-corrected chi connectivity index (χ4v) is 3.33. The lowest BCUT2D eigenvalue weighted by Gasteiger charge is -2.24. The van der Waals surface area contributed by atoms with Crippen LogP contribution in [0, 0.1) is 0 Å². The first-order valence-electron chi connectivity index (χ1n) is 8.75. The van der Waals surface area contributed by atoms with Crippen LogP contribution in [-0.4, -0.2) is 53.1 Å². The Morgan fingerprint density at radius 2 is 1.93 bits per heavy atom. The van der Waals surface area contributed by atoms with Crippen LogP contribution in [0.5, 0.6) is 0 Å². The molecule has 0 spiro atoms. The summed E-state index contributed by atoms with van der Waals surface area (Å²) in [5, 5.41) is 8.91. The highest BCUT2D eigenvalue weighted by molar-refractivity contribution is 6.42. The fraction of sp³-hybridized carbons (Fsp3) is 0.300. The normalized spacial score (nSPS) is 11.3. The number of carbonyl (C=O) groups excluding carboxylic acids is 1. The van der Waals surface area contributed by atoms with Gasteiger partial charge in [0.2, 0.25) is 0 Å². The van der Waals surface area contributed by atoms with Crippen molar-refractivity contribution >= 4 is 40.0 Å². The lowest BCUT2D eigenvalue weighted by Crippen LogP contribution is -2.33. The summed E-state index contributed by atoms with van der Waals surface area (Å²) in [7, 11) is 4.05. The number of hydrogen-bond donors (Lipinski definition) is 1. The first kappa shape index (κ1) is 19.7. The van der Waals surface area contributed by atoms with E-state index in [2.05, 4.69) is 15.1 Å². The molecule has 3 rings (SSSR count). The highest BCUT2D eigenvalue weighted by atomic mass is 35.5. The lowest BCUT2D eigenvalue weighted by molar-refractivity contribution is 0.0739. The molecule has 0 unspecified atom stereocenters. The SMILES string of the molecule is CN(C)CCCN(Cc1ccc(Cl)c(Cl)c1)C(=O)c1cccc2cn[nH]c12. The van der Waals surface area contributed by atoms with Crippen LogP contribution in [0.1, 0.15) is 22.3 Å². The Morgan fingerprint density at radius 1 is 1.11 bits per heavy atom. The first-order chi connectivity index (χ1) is 13.0. The maximum Gasteiger partial charge on any atom is 0.256 e. The van der Waals surface area contributed by atoms with Crippen LogP contribution in [-0.2, 0) is 6.54 Å². The quantitative estimate of drug-likeness (QED) is 0.631. The van der Waals surface area contributed by atoms with Crippen molar-refractivity contribution in [3.05, 3.63) is 63.8 Å². The van der Waals surface area contributed by atoms with Gasteiger partial charge in [0.05, 0.1) is 27.3 Å². The van der Waals surface area contributed by atoms with Gasteiger partial charge >= 0.3 is 0 Å². The fourth-order valence-electron chi connectivity index (χ4n) is 3.01. The molecule has 0 atom stereocenters. The number of fused-ring (bicyclic) bond motifs is 1. The number of aromatic nitrogens is 2. The molecule has 27 heavy (non-hydrogen) atoms. The number of rotatable bonds is 7. The Bertz CT molecular complexity index is 939. The smallest absolute Gasteiger partial charge is 0.256 e. The number of benzene rings is 2. The first-order valence-corrected chi connectivity index (χ1v) is 9.51. The number of carbonyl (C=O) groups is 1. The second-order valence-corrected chi connectivity index (χ2v) is 7.59. The van der Waals surface area contributed by atoms with Crippen molar-refractivity contribution in [2.45, 2.75) is 13.0 Å². The Balaban J connectivity index is 1.87. The van der Waals surface area contributed by atoms with E-state index in [9.17, 15) is 4.79 Å². The van der Waals surface area contributed by atoms with Gasteiger partial charge < -0.3 is 9.80 Å². The average Bonchev–Trinajstić information content (AvgIpc) is 3.12. The lowest BCUT2D eigenvalue weighted by atomic mass is 10.1. The van der Waals surface area contributed by atoms with Crippen LogP contribution in [0.25, 0.3) is 10.9 Å². The van der Waals surface area contributed by atoms with Gasteiger partial charge in [-0.3, -0.25) is 9.89 Å². The van der Waals surface area contributed by atoms with E-state index in [-0.39, 0.29) is 5.91 Å². The van der Waals surface area contributed by atoms with Gasteiger partial charge in [0, 0.05) is 18.5 Å². The summed E-state index contributed by atoms with van der Waals surface area (Å²) >= 11 is 12.2. The minimum atomic E-state index is -0.0327. The molecule has 0 saturated carbocycles. The van der Waals surface area contributed by atoms with E-state index in [1.807, 2.05) is 49.3 Å². The molecule has 1 amide bonds. The third-order valence-corrected chi connectivity index (χ3v) is 5.12. The number of para-hydroxylation sites is 1. The zero-order valence-electron chi connectivity index (χ0n) is 15.4. The molecule has 0 aliphatic heterocycles. The second-order valence-electron chi connectivity index (χ2n) is 6.77. The summed E-state index contributed by atoms with van der Waals surface area (Å²) in [6, 6.07) is 11.1. The van der Waals surface area contributed by atoms with Crippen molar-refractivity contribution in [1.29, 1.82) is 0 Å². The summed E-state index contributed by atoms with van der Waals surface area (Å²) in [5.74, 6) is -0.0327. The molecule has 0 aliphatic rings. The van der Waals surface area contributed by atoms with E-state index in [1.54, 1.807) is 12.3 Å². The molecule has 0 radical (unpaired) electrons. The van der Waals surface area contributed by atoms with Gasteiger partial charge in [-0.15, -0.1) is 0 Å². The zero-order chi connectivity index (χ0) is 19.4. The molecule has 0 fully saturated rings. The number of hydrogen-bond acceptors (Lipinski definition) is 3. The molecule has 0 saturated heterocycles.